The van der Waals surface area contributed by atoms with Gasteiger partial charge in [0, 0.05) is 20.3 Å². The number of hydrogen-bond acceptors (Lipinski definition) is 2. The smallest absolute Gasteiger partial charge is 0.104 e. The van der Waals surface area contributed by atoms with Crippen molar-refractivity contribution in [1.29, 1.82) is 0 Å². The van der Waals surface area contributed by atoms with Crippen molar-refractivity contribution in [3.63, 3.8) is 0 Å². The molecule has 46 valence electrons. The molecule has 0 fully saturated rings. The van der Waals surface area contributed by atoms with Crippen molar-refractivity contribution in [2.75, 3.05) is 14.1 Å². The third kappa shape index (κ3) is 3.36. The van der Waals surface area contributed by atoms with E-state index in [9.17, 15) is 0 Å². The topological polar surface area (TPSA) is 27.6 Å². The van der Waals surface area contributed by atoms with Crippen LogP contribution in [-0.2, 0) is 0 Å². The second kappa shape index (κ2) is 4.33. The van der Waals surface area contributed by atoms with Crippen molar-refractivity contribution >= 4 is 6.34 Å². The standard InChI is InChI=1S/C5H11N3/c1-4-7-5-8(3)6-2/h4-6H,1H2,2-3H3. The zero-order valence-electron chi connectivity index (χ0n) is 5.26. The van der Waals surface area contributed by atoms with E-state index in [0.717, 1.165) is 0 Å². The molecule has 0 amide bonds. The van der Waals surface area contributed by atoms with Gasteiger partial charge in [0.1, 0.15) is 6.34 Å². The molecule has 0 atom stereocenters. The molecular formula is C5H11N3. The first-order valence-electron chi connectivity index (χ1n) is 2.35. The molecule has 0 aliphatic heterocycles. The van der Waals surface area contributed by atoms with E-state index in [0.29, 0.717) is 0 Å². The summed E-state index contributed by atoms with van der Waals surface area (Å²) in [4.78, 5) is 3.74. The number of hydrazine groups is 1. The highest BCUT2D eigenvalue weighted by Gasteiger charge is 1.76. The Labute approximate surface area is 49.7 Å². The molecule has 0 spiro atoms. The Bertz CT molecular complexity index is 87.7. The monoisotopic (exact) mass is 113 g/mol. The Balaban J connectivity index is 3.35. The quantitative estimate of drug-likeness (QED) is 0.322. The zero-order valence-corrected chi connectivity index (χ0v) is 5.26. The largest absolute Gasteiger partial charge is 0.302 e. The minimum atomic E-state index is 1.48. The maximum atomic E-state index is 3.74. The lowest BCUT2D eigenvalue weighted by molar-refractivity contribution is 0.422. The summed E-state index contributed by atoms with van der Waals surface area (Å²) in [5.74, 6) is 0. The summed E-state index contributed by atoms with van der Waals surface area (Å²) >= 11 is 0. The molecule has 0 bridgehead atoms. The number of aliphatic imine (C=N–C) groups is 1. The van der Waals surface area contributed by atoms with E-state index in [2.05, 4.69) is 17.0 Å². The van der Waals surface area contributed by atoms with E-state index < -0.39 is 0 Å². The molecule has 0 aromatic rings. The molecule has 0 aliphatic carbocycles. The predicted molar refractivity (Wildman–Crippen MR) is 35.5 cm³/mol. The number of rotatable bonds is 3. The van der Waals surface area contributed by atoms with E-state index >= 15 is 0 Å². The Kier molecular flexibility index (Phi) is 3.88. The van der Waals surface area contributed by atoms with Crippen LogP contribution in [0.2, 0.25) is 0 Å². The fraction of sp³-hybridized carbons (Fsp3) is 0.400. The van der Waals surface area contributed by atoms with Crippen LogP contribution in [0, 0.1) is 0 Å². The van der Waals surface area contributed by atoms with Crippen LogP contribution in [0.1, 0.15) is 0 Å². The lowest BCUT2D eigenvalue weighted by Gasteiger charge is -2.07. The highest BCUT2D eigenvalue weighted by molar-refractivity contribution is 5.54. The molecule has 0 saturated carbocycles. The predicted octanol–water partition coefficient (Wildman–Crippen LogP) is 0.224. The van der Waals surface area contributed by atoms with Gasteiger partial charge in [0.05, 0.1) is 0 Å². The average molecular weight is 113 g/mol. The molecule has 0 aliphatic rings. The van der Waals surface area contributed by atoms with Crippen molar-refractivity contribution in [2.45, 2.75) is 0 Å². The Morgan fingerprint density at radius 3 is 2.75 bits per heavy atom. The van der Waals surface area contributed by atoms with Crippen LogP contribution < -0.4 is 5.43 Å². The fourth-order valence-electron chi connectivity index (χ4n) is 0.205. The molecule has 8 heavy (non-hydrogen) atoms. The van der Waals surface area contributed by atoms with E-state index in [1.54, 1.807) is 11.3 Å². The number of nitrogens with one attached hydrogen (secondary N) is 1. The molecule has 0 rings (SSSR count). The molecule has 3 heteroatoms. The Hall–Kier alpha value is -0.830. The maximum Gasteiger partial charge on any atom is 0.104 e. The van der Waals surface area contributed by atoms with E-state index in [4.69, 9.17) is 0 Å². The summed E-state index contributed by atoms with van der Waals surface area (Å²) in [6.45, 7) is 3.41. The van der Waals surface area contributed by atoms with Gasteiger partial charge in [-0.2, -0.15) is 0 Å². The Morgan fingerprint density at radius 1 is 1.75 bits per heavy atom. The lowest BCUT2D eigenvalue weighted by Crippen LogP contribution is -2.28. The molecule has 1 N–H and O–H groups in total. The van der Waals surface area contributed by atoms with Gasteiger partial charge in [0.2, 0.25) is 0 Å². The molecule has 0 unspecified atom stereocenters. The van der Waals surface area contributed by atoms with Crippen molar-refractivity contribution < 1.29 is 0 Å². The van der Waals surface area contributed by atoms with Gasteiger partial charge in [-0.15, -0.1) is 0 Å². The van der Waals surface area contributed by atoms with Gasteiger partial charge in [0.15, 0.2) is 0 Å². The van der Waals surface area contributed by atoms with Gasteiger partial charge >= 0.3 is 0 Å². The second-order valence-electron chi connectivity index (χ2n) is 1.28. The van der Waals surface area contributed by atoms with Gasteiger partial charge in [-0.25, -0.2) is 10.4 Å². The highest BCUT2D eigenvalue weighted by Crippen LogP contribution is 1.66. The van der Waals surface area contributed by atoms with E-state index in [1.165, 1.54) is 6.20 Å². The maximum absolute atomic E-state index is 3.74. The summed E-state index contributed by atoms with van der Waals surface area (Å²) in [7, 11) is 3.67. The summed E-state index contributed by atoms with van der Waals surface area (Å²) in [6.07, 6.45) is 3.11. The molecular weight excluding hydrogens is 102 g/mol. The number of nitrogens with zero attached hydrogens (tertiary/aromatic N) is 2. The van der Waals surface area contributed by atoms with Crippen molar-refractivity contribution in [3.05, 3.63) is 12.8 Å². The summed E-state index contributed by atoms with van der Waals surface area (Å²) in [5, 5.41) is 1.72. The first-order chi connectivity index (χ1) is 3.81. The second-order valence-corrected chi connectivity index (χ2v) is 1.28. The van der Waals surface area contributed by atoms with Gasteiger partial charge < -0.3 is 5.01 Å². The van der Waals surface area contributed by atoms with Crippen LogP contribution in [0.25, 0.3) is 0 Å². The normalized spacial score (nSPS) is 9.75. The first-order valence-corrected chi connectivity index (χ1v) is 2.35. The molecule has 0 saturated heterocycles. The molecule has 0 aromatic heterocycles. The van der Waals surface area contributed by atoms with Crippen molar-refractivity contribution in [1.82, 2.24) is 10.4 Å². The highest BCUT2D eigenvalue weighted by atomic mass is 15.5. The van der Waals surface area contributed by atoms with Crippen molar-refractivity contribution in [2.24, 2.45) is 4.99 Å². The average Bonchev–Trinajstić information content (AvgIpc) is 1.83. The SMILES string of the molecule is C=CN=CN(C)NC. The van der Waals surface area contributed by atoms with E-state index in [1.807, 2.05) is 14.1 Å². The third-order valence-corrected chi connectivity index (χ3v) is 0.698. The lowest BCUT2D eigenvalue weighted by atomic mass is 11.0. The molecule has 3 nitrogen and oxygen atoms in total. The first kappa shape index (κ1) is 7.17. The van der Waals surface area contributed by atoms with Crippen LogP contribution in [0.15, 0.2) is 17.8 Å². The molecule has 0 aromatic carbocycles. The van der Waals surface area contributed by atoms with Crippen LogP contribution in [0.4, 0.5) is 0 Å². The van der Waals surface area contributed by atoms with Gasteiger partial charge in [-0.3, -0.25) is 0 Å². The summed E-state index contributed by atoms with van der Waals surface area (Å²) in [6, 6.07) is 0. The van der Waals surface area contributed by atoms with Crippen LogP contribution in [0.3, 0.4) is 0 Å². The third-order valence-electron chi connectivity index (χ3n) is 0.698. The molecule has 0 heterocycles. The number of hydrogen-bond donors (Lipinski definition) is 1. The van der Waals surface area contributed by atoms with Gasteiger partial charge in [-0.1, -0.05) is 6.58 Å². The van der Waals surface area contributed by atoms with Gasteiger partial charge in [-0.05, 0) is 0 Å². The minimum absolute atomic E-state index is 1.48. The Morgan fingerprint density at radius 2 is 2.38 bits per heavy atom. The summed E-state index contributed by atoms with van der Waals surface area (Å²) < 4.78 is 0. The molecule has 0 radical (unpaired) electrons. The van der Waals surface area contributed by atoms with E-state index in [-0.39, 0.29) is 0 Å². The van der Waals surface area contributed by atoms with Crippen LogP contribution in [0.5, 0.6) is 0 Å². The zero-order chi connectivity index (χ0) is 6.41. The minimum Gasteiger partial charge on any atom is -0.302 e. The summed E-state index contributed by atoms with van der Waals surface area (Å²) in [5.41, 5.74) is 2.84. The van der Waals surface area contributed by atoms with Crippen LogP contribution in [-0.4, -0.2) is 25.4 Å². The van der Waals surface area contributed by atoms with Crippen LogP contribution >= 0.6 is 0 Å². The van der Waals surface area contributed by atoms with Crippen molar-refractivity contribution in [3.8, 4) is 0 Å². The van der Waals surface area contributed by atoms with Gasteiger partial charge in [0.25, 0.3) is 0 Å². The fourth-order valence-corrected chi connectivity index (χ4v) is 0.205.